The van der Waals surface area contributed by atoms with Crippen LogP contribution in [0.25, 0.3) is 6.08 Å². The molecule has 2 aromatic carbocycles. The van der Waals surface area contributed by atoms with Crippen LogP contribution in [0.2, 0.25) is 0 Å². The first kappa shape index (κ1) is 15.7. The van der Waals surface area contributed by atoms with Crippen LogP contribution in [0.5, 0.6) is 0 Å². The lowest BCUT2D eigenvalue weighted by molar-refractivity contribution is -0.131. The number of benzene rings is 2. The van der Waals surface area contributed by atoms with Gasteiger partial charge in [-0.1, -0.05) is 62.4 Å². The predicted molar refractivity (Wildman–Crippen MR) is 87.1 cm³/mol. The van der Waals surface area contributed by atoms with Gasteiger partial charge < -0.3 is 5.11 Å². The summed E-state index contributed by atoms with van der Waals surface area (Å²) in [6.45, 7) is 4.04. The van der Waals surface area contributed by atoms with E-state index < -0.39 is 5.97 Å². The van der Waals surface area contributed by atoms with Crippen molar-refractivity contribution in [3.8, 4) is 0 Å². The van der Waals surface area contributed by atoms with Crippen molar-refractivity contribution >= 4 is 17.8 Å². The number of carbonyl (C=O) groups excluding carboxylic acids is 1. The molecule has 112 valence electrons. The van der Waals surface area contributed by atoms with Gasteiger partial charge in [0.1, 0.15) is 0 Å². The van der Waals surface area contributed by atoms with E-state index in [1.165, 1.54) is 6.08 Å². The third-order valence-corrected chi connectivity index (χ3v) is 3.44. The van der Waals surface area contributed by atoms with Crippen molar-refractivity contribution in [1.29, 1.82) is 0 Å². The molecule has 0 amide bonds. The maximum absolute atomic E-state index is 12.7. The molecule has 0 aliphatic carbocycles. The summed E-state index contributed by atoms with van der Waals surface area (Å²) in [7, 11) is 0. The average Bonchev–Trinajstić information content (AvgIpc) is 2.52. The van der Waals surface area contributed by atoms with E-state index in [1.54, 1.807) is 18.2 Å². The van der Waals surface area contributed by atoms with Gasteiger partial charge in [-0.2, -0.15) is 0 Å². The minimum atomic E-state index is -1.03. The van der Waals surface area contributed by atoms with Crippen molar-refractivity contribution in [3.63, 3.8) is 0 Å². The number of carboxylic acids is 1. The van der Waals surface area contributed by atoms with Gasteiger partial charge in [0.05, 0.1) is 0 Å². The van der Waals surface area contributed by atoms with Gasteiger partial charge in [0.25, 0.3) is 0 Å². The van der Waals surface area contributed by atoms with E-state index in [-0.39, 0.29) is 11.7 Å². The molecule has 0 heterocycles. The summed E-state index contributed by atoms with van der Waals surface area (Å²) < 4.78 is 0. The fraction of sp³-hybridized carbons (Fsp3) is 0.158. The van der Waals surface area contributed by atoms with Crippen LogP contribution in [-0.4, -0.2) is 16.9 Å². The van der Waals surface area contributed by atoms with E-state index >= 15 is 0 Å². The summed E-state index contributed by atoms with van der Waals surface area (Å²) in [5.41, 5.74) is 2.75. The number of hydrogen-bond donors (Lipinski definition) is 1. The summed E-state index contributed by atoms with van der Waals surface area (Å²) >= 11 is 0. The number of hydrogen-bond acceptors (Lipinski definition) is 2. The topological polar surface area (TPSA) is 54.4 Å². The van der Waals surface area contributed by atoms with Crippen molar-refractivity contribution in [2.45, 2.75) is 19.8 Å². The fourth-order valence-corrected chi connectivity index (χ4v) is 2.37. The molecular formula is C19H18O3. The first-order valence-electron chi connectivity index (χ1n) is 7.14. The van der Waals surface area contributed by atoms with Crippen LogP contribution in [0, 0.1) is 0 Å². The van der Waals surface area contributed by atoms with Gasteiger partial charge in [0.15, 0.2) is 5.78 Å². The Bertz CT molecular complexity index is 713. The molecule has 1 N–H and O–H groups in total. The van der Waals surface area contributed by atoms with Crippen molar-refractivity contribution in [3.05, 3.63) is 76.9 Å². The van der Waals surface area contributed by atoms with Crippen molar-refractivity contribution in [2.24, 2.45) is 0 Å². The SMILES string of the molecule is CC(C)c1cccc(C(=O)c2ccccc2)c1/C=C/C(=O)O. The van der Waals surface area contributed by atoms with Gasteiger partial charge in [-0.3, -0.25) is 4.79 Å². The van der Waals surface area contributed by atoms with E-state index in [0.717, 1.165) is 11.6 Å². The third kappa shape index (κ3) is 3.50. The molecule has 2 rings (SSSR count). The smallest absolute Gasteiger partial charge is 0.328 e. The van der Waals surface area contributed by atoms with Crippen molar-refractivity contribution in [1.82, 2.24) is 0 Å². The van der Waals surface area contributed by atoms with Crippen LogP contribution in [-0.2, 0) is 4.79 Å². The van der Waals surface area contributed by atoms with Gasteiger partial charge in [-0.25, -0.2) is 4.79 Å². The Labute approximate surface area is 129 Å². The lowest BCUT2D eigenvalue weighted by Crippen LogP contribution is -2.06. The second kappa shape index (κ2) is 6.85. The number of carbonyl (C=O) groups is 2. The zero-order chi connectivity index (χ0) is 16.1. The molecule has 0 aliphatic rings. The van der Waals surface area contributed by atoms with Gasteiger partial charge in [0, 0.05) is 17.2 Å². The highest BCUT2D eigenvalue weighted by Gasteiger charge is 2.16. The van der Waals surface area contributed by atoms with Crippen LogP contribution in [0.15, 0.2) is 54.6 Å². The van der Waals surface area contributed by atoms with Crippen molar-refractivity contribution < 1.29 is 14.7 Å². The van der Waals surface area contributed by atoms with E-state index in [0.29, 0.717) is 16.7 Å². The Hall–Kier alpha value is -2.68. The van der Waals surface area contributed by atoms with E-state index in [4.69, 9.17) is 5.11 Å². The molecule has 0 unspecified atom stereocenters. The Balaban J connectivity index is 2.58. The van der Waals surface area contributed by atoms with Crippen LogP contribution in [0.3, 0.4) is 0 Å². The molecule has 0 atom stereocenters. The summed E-state index contributed by atoms with van der Waals surface area (Å²) in [6, 6.07) is 14.5. The highest BCUT2D eigenvalue weighted by atomic mass is 16.4. The Kier molecular flexibility index (Phi) is 4.89. The normalized spacial score (nSPS) is 11.0. The molecule has 0 spiro atoms. The average molecular weight is 294 g/mol. The molecule has 0 saturated heterocycles. The highest BCUT2D eigenvalue weighted by Crippen LogP contribution is 2.26. The van der Waals surface area contributed by atoms with E-state index in [2.05, 4.69) is 0 Å². The largest absolute Gasteiger partial charge is 0.478 e. The highest BCUT2D eigenvalue weighted by molar-refractivity contribution is 6.11. The molecule has 22 heavy (non-hydrogen) atoms. The molecule has 0 aromatic heterocycles. The van der Waals surface area contributed by atoms with Crippen LogP contribution in [0.4, 0.5) is 0 Å². The van der Waals surface area contributed by atoms with Crippen LogP contribution >= 0.6 is 0 Å². The number of aliphatic carboxylic acids is 1. The van der Waals surface area contributed by atoms with Gasteiger partial charge >= 0.3 is 5.97 Å². The third-order valence-electron chi connectivity index (χ3n) is 3.44. The molecule has 0 saturated carbocycles. The van der Waals surface area contributed by atoms with Gasteiger partial charge in [-0.05, 0) is 23.1 Å². The minimum Gasteiger partial charge on any atom is -0.478 e. The summed E-state index contributed by atoms with van der Waals surface area (Å²) in [5.74, 6) is -0.943. The molecule has 0 aliphatic heterocycles. The Morgan fingerprint density at radius 1 is 1.00 bits per heavy atom. The standard InChI is InChI=1S/C19H18O3/c1-13(2)15-9-6-10-17(16(15)11-12-18(20)21)19(22)14-7-4-3-5-8-14/h3-13H,1-2H3,(H,20,21)/b12-11+. The molecular weight excluding hydrogens is 276 g/mol. The van der Waals surface area contributed by atoms with Crippen LogP contribution < -0.4 is 0 Å². The molecule has 0 fully saturated rings. The number of ketones is 1. The molecule has 3 heteroatoms. The monoisotopic (exact) mass is 294 g/mol. The fourth-order valence-electron chi connectivity index (χ4n) is 2.37. The van der Waals surface area contributed by atoms with Gasteiger partial charge in [-0.15, -0.1) is 0 Å². The number of rotatable bonds is 5. The Morgan fingerprint density at radius 3 is 2.27 bits per heavy atom. The second-order valence-electron chi connectivity index (χ2n) is 5.33. The molecule has 3 nitrogen and oxygen atoms in total. The minimum absolute atomic E-state index is 0.104. The van der Waals surface area contributed by atoms with E-state index in [9.17, 15) is 9.59 Å². The summed E-state index contributed by atoms with van der Waals surface area (Å²) in [5, 5.41) is 8.88. The number of carboxylic acid groups (broad SMARTS) is 1. The molecule has 0 radical (unpaired) electrons. The maximum atomic E-state index is 12.7. The summed E-state index contributed by atoms with van der Waals surface area (Å²) in [4.78, 5) is 23.5. The first-order valence-corrected chi connectivity index (χ1v) is 7.14. The van der Waals surface area contributed by atoms with Gasteiger partial charge in [0.2, 0.25) is 0 Å². The quantitative estimate of drug-likeness (QED) is 0.666. The lowest BCUT2D eigenvalue weighted by atomic mass is 9.89. The van der Waals surface area contributed by atoms with Crippen LogP contribution in [0.1, 0.15) is 46.8 Å². The van der Waals surface area contributed by atoms with E-state index in [1.807, 2.05) is 44.2 Å². The Morgan fingerprint density at radius 2 is 1.68 bits per heavy atom. The predicted octanol–water partition coefficient (Wildman–Crippen LogP) is 4.14. The van der Waals surface area contributed by atoms with Crippen molar-refractivity contribution in [2.75, 3.05) is 0 Å². The molecule has 2 aromatic rings. The maximum Gasteiger partial charge on any atom is 0.328 e. The zero-order valence-corrected chi connectivity index (χ0v) is 12.6. The second-order valence-corrected chi connectivity index (χ2v) is 5.33. The zero-order valence-electron chi connectivity index (χ0n) is 12.6. The summed E-state index contributed by atoms with van der Waals surface area (Å²) in [6.07, 6.45) is 2.58. The molecule has 0 bridgehead atoms. The lowest BCUT2D eigenvalue weighted by Gasteiger charge is -2.14. The first-order chi connectivity index (χ1) is 10.5.